The summed E-state index contributed by atoms with van der Waals surface area (Å²) in [7, 11) is 0. The van der Waals surface area contributed by atoms with Gasteiger partial charge in [-0.1, -0.05) is 12.1 Å². The molecule has 98 valence electrons. The summed E-state index contributed by atoms with van der Waals surface area (Å²) in [6, 6.07) is 6.30. The molecule has 0 fully saturated rings. The van der Waals surface area contributed by atoms with E-state index in [1.807, 2.05) is 0 Å². The standard InChI is InChI=1S/C14H14FN3O/c1-9-7-11(3-4-12(9)15)8-17-14(19)13-5-6-16-10(2)18-13/h3-7H,8H2,1-2H3,(H,17,19). The molecule has 0 radical (unpaired) electrons. The van der Waals surface area contributed by atoms with Crippen molar-refractivity contribution in [2.45, 2.75) is 20.4 Å². The van der Waals surface area contributed by atoms with E-state index < -0.39 is 0 Å². The molecule has 0 spiro atoms. The monoisotopic (exact) mass is 259 g/mol. The predicted octanol–water partition coefficient (Wildman–Crippen LogP) is 2.16. The fraction of sp³-hybridized carbons (Fsp3) is 0.214. The van der Waals surface area contributed by atoms with Crippen LogP contribution < -0.4 is 5.32 Å². The first-order chi connectivity index (χ1) is 9.06. The molecule has 0 saturated heterocycles. The minimum atomic E-state index is -0.271. The number of hydrogen-bond donors (Lipinski definition) is 1. The van der Waals surface area contributed by atoms with Crippen LogP contribution in [0.15, 0.2) is 30.5 Å². The topological polar surface area (TPSA) is 54.9 Å². The lowest BCUT2D eigenvalue weighted by molar-refractivity contribution is 0.0945. The van der Waals surface area contributed by atoms with Crippen LogP contribution in [0, 0.1) is 19.7 Å². The van der Waals surface area contributed by atoms with Gasteiger partial charge in [0.05, 0.1) is 0 Å². The molecule has 0 aliphatic carbocycles. The van der Waals surface area contributed by atoms with Crippen molar-refractivity contribution in [2.75, 3.05) is 0 Å². The molecule has 0 bridgehead atoms. The van der Waals surface area contributed by atoms with Crippen molar-refractivity contribution in [2.24, 2.45) is 0 Å². The fourth-order valence-electron chi connectivity index (χ4n) is 1.67. The molecule has 1 amide bonds. The summed E-state index contributed by atoms with van der Waals surface area (Å²) in [6.45, 7) is 3.75. The Kier molecular flexibility index (Phi) is 3.85. The van der Waals surface area contributed by atoms with E-state index in [1.54, 1.807) is 38.2 Å². The van der Waals surface area contributed by atoms with Gasteiger partial charge in [-0.25, -0.2) is 14.4 Å². The maximum atomic E-state index is 13.1. The second kappa shape index (κ2) is 5.56. The zero-order valence-electron chi connectivity index (χ0n) is 10.8. The molecule has 0 atom stereocenters. The van der Waals surface area contributed by atoms with Gasteiger partial charge in [0.15, 0.2) is 0 Å². The average molecular weight is 259 g/mol. The largest absolute Gasteiger partial charge is 0.347 e. The molecule has 1 aromatic heterocycles. The second-order valence-electron chi connectivity index (χ2n) is 4.26. The second-order valence-corrected chi connectivity index (χ2v) is 4.26. The first-order valence-electron chi connectivity index (χ1n) is 5.89. The van der Waals surface area contributed by atoms with Crippen molar-refractivity contribution in [3.8, 4) is 0 Å². The third kappa shape index (κ3) is 3.34. The SMILES string of the molecule is Cc1nccc(C(=O)NCc2ccc(F)c(C)c2)n1. The smallest absolute Gasteiger partial charge is 0.270 e. The zero-order chi connectivity index (χ0) is 13.8. The van der Waals surface area contributed by atoms with Crippen molar-refractivity contribution < 1.29 is 9.18 Å². The molecule has 1 heterocycles. The van der Waals surface area contributed by atoms with Crippen LogP contribution in [0.3, 0.4) is 0 Å². The number of nitrogens with one attached hydrogen (secondary N) is 1. The summed E-state index contributed by atoms with van der Waals surface area (Å²) in [4.78, 5) is 19.8. The molecule has 0 saturated carbocycles. The van der Waals surface area contributed by atoms with E-state index in [1.165, 1.54) is 6.07 Å². The number of halogens is 1. The van der Waals surface area contributed by atoms with Crippen LogP contribution in [0.5, 0.6) is 0 Å². The van der Waals surface area contributed by atoms with Crippen molar-refractivity contribution in [1.82, 2.24) is 15.3 Å². The van der Waals surface area contributed by atoms with E-state index in [2.05, 4.69) is 15.3 Å². The van der Waals surface area contributed by atoms with Gasteiger partial charge in [-0.05, 0) is 37.1 Å². The number of rotatable bonds is 3. The van der Waals surface area contributed by atoms with Crippen LogP contribution in [0.1, 0.15) is 27.4 Å². The summed E-state index contributed by atoms with van der Waals surface area (Å²) >= 11 is 0. The summed E-state index contributed by atoms with van der Waals surface area (Å²) in [5.74, 6) is 0.0271. The highest BCUT2D eigenvalue weighted by Crippen LogP contribution is 2.09. The number of hydrogen-bond acceptors (Lipinski definition) is 3. The third-order valence-corrected chi connectivity index (χ3v) is 2.68. The molecular weight excluding hydrogens is 245 g/mol. The molecule has 5 heteroatoms. The number of carbonyl (C=O) groups excluding carboxylic acids is 1. The van der Waals surface area contributed by atoms with Crippen LogP contribution in [0.4, 0.5) is 4.39 Å². The molecule has 1 N–H and O–H groups in total. The summed E-state index contributed by atoms with van der Waals surface area (Å²) < 4.78 is 13.1. The molecule has 19 heavy (non-hydrogen) atoms. The quantitative estimate of drug-likeness (QED) is 0.919. The van der Waals surface area contributed by atoms with Crippen molar-refractivity contribution in [3.05, 3.63) is 58.9 Å². The maximum absolute atomic E-state index is 13.1. The van der Waals surface area contributed by atoms with Crippen molar-refractivity contribution in [1.29, 1.82) is 0 Å². The van der Waals surface area contributed by atoms with Gasteiger partial charge in [-0.15, -0.1) is 0 Å². The molecule has 4 nitrogen and oxygen atoms in total. The Morgan fingerprint density at radius 2 is 2.11 bits per heavy atom. The first-order valence-corrected chi connectivity index (χ1v) is 5.89. The Bertz CT molecular complexity index is 613. The molecule has 2 aromatic rings. The van der Waals surface area contributed by atoms with Crippen LogP contribution in [0.2, 0.25) is 0 Å². The summed E-state index contributed by atoms with van der Waals surface area (Å²) in [5.41, 5.74) is 1.73. The minimum absolute atomic E-state index is 0.249. The number of aromatic nitrogens is 2. The third-order valence-electron chi connectivity index (χ3n) is 2.68. The van der Waals surface area contributed by atoms with Crippen LogP contribution in [-0.2, 0) is 6.54 Å². The van der Waals surface area contributed by atoms with E-state index >= 15 is 0 Å². The lowest BCUT2D eigenvalue weighted by atomic mass is 10.1. The summed E-state index contributed by atoms with van der Waals surface area (Å²) in [6.07, 6.45) is 1.54. The Balaban J connectivity index is 2.02. The average Bonchev–Trinajstić information content (AvgIpc) is 2.40. The molecule has 1 aromatic carbocycles. The van der Waals surface area contributed by atoms with Gasteiger partial charge in [0, 0.05) is 12.7 Å². The van der Waals surface area contributed by atoms with Gasteiger partial charge in [-0.3, -0.25) is 4.79 Å². The number of aryl methyl sites for hydroxylation is 2. The Hall–Kier alpha value is -2.30. The van der Waals surface area contributed by atoms with Crippen molar-refractivity contribution >= 4 is 5.91 Å². The molecule has 0 aliphatic rings. The van der Waals surface area contributed by atoms with E-state index in [4.69, 9.17) is 0 Å². The minimum Gasteiger partial charge on any atom is -0.347 e. The first kappa shape index (κ1) is 13.1. The van der Waals surface area contributed by atoms with Gasteiger partial charge in [0.1, 0.15) is 17.3 Å². The van der Waals surface area contributed by atoms with Gasteiger partial charge >= 0.3 is 0 Å². The van der Waals surface area contributed by atoms with Crippen LogP contribution >= 0.6 is 0 Å². The van der Waals surface area contributed by atoms with Gasteiger partial charge in [0.2, 0.25) is 0 Å². The van der Waals surface area contributed by atoms with Gasteiger partial charge in [0.25, 0.3) is 5.91 Å². The highest BCUT2D eigenvalue weighted by molar-refractivity contribution is 5.92. The fourth-order valence-corrected chi connectivity index (χ4v) is 1.67. The van der Waals surface area contributed by atoms with E-state index in [0.29, 0.717) is 23.6 Å². The lowest BCUT2D eigenvalue weighted by Crippen LogP contribution is -2.24. The number of nitrogens with zero attached hydrogens (tertiary/aromatic N) is 2. The number of amides is 1. The number of benzene rings is 1. The highest BCUT2D eigenvalue weighted by atomic mass is 19.1. The zero-order valence-corrected chi connectivity index (χ0v) is 10.8. The normalized spacial score (nSPS) is 10.3. The Labute approximate surface area is 110 Å². The van der Waals surface area contributed by atoms with E-state index in [0.717, 1.165) is 5.56 Å². The van der Waals surface area contributed by atoms with E-state index in [-0.39, 0.29) is 11.7 Å². The van der Waals surface area contributed by atoms with Gasteiger partial charge in [-0.2, -0.15) is 0 Å². The predicted molar refractivity (Wildman–Crippen MR) is 69.1 cm³/mol. The molecule has 0 aliphatic heterocycles. The Morgan fingerprint density at radius 1 is 1.32 bits per heavy atom. The van der Waals surface area contributed by atoms with Crippen LogP contribution in [0.25, 0.3) is 0 Å². The van der Waals surface area contributed by atoms with Gasteiger partial charge < -0.3 is 5.32 Å². The van der Waals surface area contributed by atoms with Crippen molar-refractivity contribution in [3.63, 3.8) is 0 Å². The Morgan fingerprint density at radius 3 is 2.79 bits per heavy atom. The highest BCUT2D eigenvalue weighted by Gasteiger charge is 2.07. The molecule has 2 rings (SSSR count). The lowest BCUT2D eigenvalue weighted by Gasteiger charge is -2.06. The van der Waals surface area contributed by atoms with Crippen LogP contribution in [-0.4, -0.2) is 15.9 Å². The molecule has 0 unspecified atom stereocenters. The summed E-state index contributed by atoms with van der Waals surface area (Å²) in [5, 5.41) is 2.74. The number of carbonyl (C=O) groups is 1. The maximum Gasteiger partial charge on any atom is 0.270 e. The van der Waals surface area contributed by atoms with E-state index in [9.17, 15) is 9.18 Å². The molecular formula is C14H14FN3O.